The van der Waals surface area contributed by atoms with Crippen LogP contribution in [0.2, 0.25) is 0 Å². The monoisotopic (exact) mass is 297 g/mol. The lowest BCUT2D eigenvalue weighted by molar-refractivity contribution is -0.127. The lowest BCUT2D eigenvalue weighted by Gasteiger charge is -2.18. The molecule has 124 valence electrons. The molecule has 0 spiro atoms. The number of likely N-dealkylation sites (N-methyl/N-ethyl adjacent to an activating group) is 1. The van der Waals surface area contributed by atoms with Gasteiger partial charge in [-0.25, -0.2) is 0 Å². The van der Waals surface area contributed by atoms with E-state index >= 15 is 0 Å². The Kier molecular flexibility index (Phi) is 8.98. The Morgan fingerprint density at radius 2 is 1.52 bits per heavy atom. The third-order valence-electron chi connectivity index (χ3n) is 4.85. The Hall–Kier alpha value is -0.570. The van der Waals surface area contributed by atoms with E-state index in [2.05, 4.69) is 19.2 Å². The Labute approximate surface area is 131 Å². The number of amides is 1. The van der Waals surface area contributed by atoms with Crippen molar-refractivity contribution in [1.29, 1.82) is 0 Å². The van der Waals surface area contributed by atoms with Crippen LogP contribution < -0.4 is 5.32 Å². The SMILES string of the molecule is CCCCCCCCCCCCC(C)C1(C(=O)NC)CO1. The highest BCUT2D eigenvalue weighted by molar-refractivity contribution is 5.87. The first-order valence-electron chi connectivity index (χ1n) is 9.03. The van der Waals surface area contributed by atoms with E-state index < -0.39 is 5.60 Å². The number of carbonyl (C=O) groups excluding carboxylic acids is 1. The molecule has 21 heavy (non-hydrogen) atoms. The second kappa shape index (κ2) is 10.2. The lowest BCUT2D eigenvalue weighted by Crippen LogP contribution is -2.40. The van der Waals surface area contributed by atoms with Crippen LogP contribution in [0.3, 0.4) is 0 Å². The molecule has 1 aliphatic heterocycles. The number of epoxide rings is 1. The van der Waals surface area contributed by atoms with Gasteiger partial charge in [-0.1, -0.05) is 78.1 Å². The van der Waals surface area contributed by atoms with Crippen LogP contribution >= 0.6 is 0 Å². The summed E-state index contributed by atoms with van der Waals surface area (Å²) in [5.41, 5.74) is -0.492. The van der Waals surface area contributed by atoms with Crippen LogP contribution in [0.1, 0.15) is 84.5 Å². The zero-order valence-corrected chi connectivity index (χ0v) is 14.4. The first kappa shape index (κ1) is 18.5. The van der Waals surface area contributed by atoms with E-state index in [9.17, 15) is 4.79 Å². The van der Waals surface area contributed by atoms with Gasteiger partial charge in [0.25, 0.3) is 5.91 Å². The molecule has 0 saturated carbocycles. The van der Waals surface area contributed by atoms with Gasteiger partial charge in [0.15, 0.2) is 5.60 Å². The van der Waals surface area contributed by atoms with Crippen molar-refractivity contribution in [2.45, 2.75) is 90.1 Å². The summed E-state index contributed by atoms with van der Waals surface area (Å²) in [5.74, 6) is 0.397. The fourth-order valence-corrected chi connectivity index (χ4v) is 3.10. The second-order valence-electron chi connectivity index (χ2n) is 6.63. The van der Waals surface area contributed by atoms with Crippen molar-refractivity contribution in [1.82, 2.24) is 5.32 Å². The summed E-state index contributed by atoms with van der Waals surface area (Å²) >= 11 is 0. The van der Waals surface area contributed by atoms with E-state index in [0.29, 0.717) is 12.5 Å². The third-order valence-corrected chi connectivity index (χ3v) is 4.85. The van der Waals surface area contributed by atoms with Gasteiger partial charge in [-0.3, -0.25) is 4.79 Å². The minimum absolute atomic E-state index is 0.0575. The molecule has 1 fully saturated rings. The van der Waals surface area contributed by atoms with Crippen LogP contribution in [0.4, 0.5) is 0 Å². The van der Waals surface area contributed by atoms with E-state index in [-0.39, 0.29) is 5.91 Å². The molecule has 0 radical (unpaired) electrons. The van der Waals surface area contributed by atoms with Crippen molar-refractivity contribution >= 4 is 5.91 Å². The maximum atomic E-state index is 11.8. The minimum Gasteiger partial charge on any atom is -0.359 e. The maximum Gasteiger partial charge on any atom is 0.254 e. The smallest absolute Gasteiger partial charge is 0.254 e. The molecule has 3 heteroatoms. The first-order valence-corrected chi connectivity index (χ1v) is 9.03. The molecule has 1 aliphatic rings. The number of ether oxygens (including phenoxy) is 1. The fraction of sp³-hybridized carbons (Fsp3) is 0.944. The molecule has 1 saturated heterocycles. The fourth-order valence-electron chi connectivity index (χ4n) is 3.10. The van der Waals surface area contributed by atoms with Crippen molar-refractivity contribution in [2.75, 3.05) is 13.7 Å². The van der Waals surface area contributed by atoms with E-state index in [1.54, 1.807) is 7.05 Å². The van der Waals surface area contributed by atoms with Gasteiger partial charge in [-0.2, -0.15) is 0 Å². The molecule has 1 amide bonds. The van der Waals surface area contributed by atoms with Crippen LogP contribution in [0.15, 0.2) is 0 Å². The molecule has 1 N–H and O–H groups in total. The van der Waals surface area contributed by atoms with Gasteiger partial charge in [0.05, 0.1) is 6.61 Å². The highest BCUT2D eigenvalue weighted by Gasteiger charge is 2.55. The molecular formula is C18H35NO2. The zero-order valence-electron chi connectivity index (χ0n) is 14.4. The van der Waals surface area contributed by atoms with Gasteiger partial charge < -0.3 is 10.1 Å². The lowest BCUT2D eigenvalue weighted by atomic mass is 9.88. The third kappa shape index (κ3) is 6.37. The average molecular weight is 297 g/mol. The number of carbonyl (C=O) groups is 1. The molecule has 0 bridgehead atoms. The molecule has 0 aliphatic carbocycles. The van der Waals surface area contributed by atoms with Gasteiger partial charge >= 0.3 is 0 Å². The summed E-state index contributed by atoms with van der Waals surface area (Å²) < 4.78 is 5.44. The number of unbranched alkanes of at least 4 members (excludes halogenated alkanes) is 9. The van der Waals surface area contributed by atoms with Crippen molar-refractivity contribution in [3.63, 3.8) is 0 Å². The summed E-state index contributed by atoms with van der Waals surface area (Å²) in [6.07, 6.45) is 14.7. The summed E-state index contributed by atoms with van der Waals surface area (Å²) in [6.45, 7) is 5.02. The number of rotatable bonds is 13. The van der Waals surface area contributed by atoms with Crippen molar-refractivity contribution in [2.24, 2.45) is 5.92 Å². The molecule has 3 nitrogen and oxygen atoms in total. The summed E-state index contributed by atoms with van der Waals surface area (Å²) in [7, 11) is 1.69. The van der Waals surface area contributed by atoms with E-state index in [4.69, 9.17) is 4.74 Å². The van der Waals surface area contributed by atoms with E-state index in [1.807, 2.05) is 0 Å². The molecule has 2 atom stereocenters. The Balaban J connectivity index is 1.94. The Morgan fingerprint density at radius 3 is 1.95 bits per heavy atom. The molecular weight excluding hydrogens is 262 g/mol. The van der Waals surface area contributed by atoms with E-state index in [1.165, 1.54) is 64.2 Å². The van der Waals surface area contributed by atoms with Crippen molar-refractivity contribution in [3.05, 3.63) is 0 Å². The molecule has 0 aromatic heterocycles. The zero-order chi connectivity index (χ0) is 15.6. The van der Waals surface area contributed by atoms with Crippen molar-refractivity contribution < 1.29 is 9.53 Å². The van der Waals surface area contributed by atoms with Crippen LogP contribution in [-0.4, -0.2) is 25.2 Å². The molecule has 0 aromatic carbocycles. The highest BCUT2D eigenvalue weighted by Crippen LogP contribution is 2.38. The molecule has 1 heterocycles. The van der Waals surface area contributed by atoms with Crippen LogP contribution in [-0.2, 0) is 9.53 Å². The first-order chi connectivity index (χ1) is 10.2. The van der Waals surface area contributed by atoms with Crippen LogP contribution in [0.25, 0.3) is 0 Å². The molecule has 0 aromatic rings. The summed E-state index contributed by atoms with van der Waals surface area (Å²) in [6, 6.07) is 0. The number of hydrogen-bond donors (Lipinski definition) is 1. The quantitative estimate of drug-likeness (QED) is 0.403. The summed E-state index contributed by atoms with van der Waals surface area (Å²) in [4.78, 5) is 11.8. The van der Waals surface area contributed by atoms with Gasteiger partial charge in [-0.05, 0) is 12.3 Å². The predicted octanol–water partition coefficient (Wildman–Crippen LogP) is 4.45. The minimum atomic E-state index is -0.492. The van der Waals surface area contributed by atoms with Crippen LogP contribution in [0, 0.1) is 5.92 Å². The van der Waals surface area contributed by atoms with Gasteiger partial charge in [0.2, 0.25) is 0 Å². The summed E-state index contributed by atoms with van der Waals surface area (Å²) in [5, 5.41) is 2.72. The molecule has 1 rings (SSSR count). The maximum absolute atomic E-state index is 11.8. The number of nitrogens with one attached hydrogen (secondary N) is 1. The Bertz CT molecular complexity index is 287. The van der Waals surface area contributed by atoms with Crippen LogP contribution in [0.5, 0.6) is 0 Å². The highest BCUT2D eigenvalue weighted by atomic mass is 16.6. The number of hydrogen-bond acceptors (Lipinski definition) is 2. The van der Waals surface area contributed by atoms with Crippen molar-refractivity contribution in [3.8, 4) is 0 Å². The average Bonchev–Trinajstić information content (AvgIpc) is 3.30. The second-order valence-corrected chi connectivity index (χ2v) is 6.63. The topological polar surface area (TPSA) is 41.6 Å². The standard InChI is InChI=1S/C18H35NO2/c1-4-5-6-7-8-9-10-11-12-13-14-16(2)18(15-21-18)17(20)19-3/h16H,4-15H2,1-3H3,(H,19,20). The largest absolute Gasteiger partial charge is 0.359 e. The predicted molar refractivity (Wildman–Crippen MR) is 88.4 cm³/mol. The van der Waals surface area contributed by atoms with E-state index in [0.717, 1.165) is 6.42 Å². The molecule has 2 unspecified atom stereocenters. The van der Waals surface area contributed by atoms with Gasteiger partial charge in [0, 0.05) is 7.05 Å². The van der Waals surface area contributed by atoms with Gasteiger partial charge in [-0.15, -0.1) is 0 Å². The normalized spacial score (nSPS) is 22.0. The van der Waals surface area contributed by atoms with Gasteiger partial charge in [0.1, 0.15) is 0 Å². The Morgan fingerprint density at radius 1 is 1.05 bits per heavy atom.